The first-order valence-corrected chi connectivity index (χ1v) is 11.5. The molecule has 1 N–H and O–H groups in total. The number of hydrogen-bond acceptors (Lipinski definition) is 4. The van der Waals surface area contributed by atoms with E-state index < -0.39 is 35.2 Å². The number of ether oxygens (including phenoxy) is 1. The van der Waals surface area contributed by atoms with Gasteiger partial charge in [-0.2, -0.15) is 13.2 Å². The number of aromatic nitrogens is 1. The van der Waals surface area contributed by atoms with Crippen LogP contribution in [-0.4, -0.2) is 23.6 Å². The molecule has 4 rings (SSSR count). The standard InChI is InChI=1S/C26H22ClF3N2O4/c1-36-25(35)16-4-7-19(8-5-16)31-24(34)22(12-15-2-3-15)32-11-10-17(13-23(32)33)20-14-18(27)6-9-21(20)26(28,29)30/h4-11,13-15,22H,2-3,12H2,1H3,(H,31,34). The van der Waals surface area contributed by atoms with Gasteiger partial charge in [-0.05, 0) is 72.0 Å². The summed E-state index contributed by atoms with van der Waals surface area (Å²) in [5.41, 5.74) is -0.944. The van der Waals surface area contributed by atoms with Crippen LogP contribution in [0.2, 0.25) is 5.02 Å². The minimum Gasteiger partial charge on any atom is -0.465 e. The number of halogens is 4. The van der Waals surface area contributed by atoms with Gasteiger partial charge in [0.05, 0.1) is 18.2 Å². The summed E-state index contributed by atoms with van der Waals surface area (Å²) in [4.78, 5) is 37.8. The topological polar surface area (TPSA) is 77.4 Å². The highest BCUT2D eigenvalue weighted by molar-refractivity contribution is 6.30. The van der Waals surface area contributed by atoms with Gasteiger partial charge in [0.15, 0.2) is 0 Å². The van der Waals surface area contributed by atoms with Crippen molar-refractivity contribution in [2.24, 2.45) is 5.92 Å². The van der Waals surface area contributed by atoms with E-state index in [9.17, 15) is 27.6 Å². The molecule has 0 bridgehead atoms. The zero-order valence-electron chi connectivity index (χ0n) is 19.1. The minimum atomic E-state index is -4.63. The van der Waals surface area contributed by atoms with Gasteiger partial charge in [0.2, 0.25) is 5.91 Å². The zero-order valence-corrected chi connectivity index (χ0v) is 19.9. The van der Waals surface area contributed by atoms with Gasteiger partial charge in [0, 0.05) is 23.0 Å². The van der Waals surface area contributed by atoms with Crippen LogP contribution in [0.5, 0.6) is 0 Å². The number of amides is 1. The molecule has 10 heteroatoms. The Bertz CT molecular complexity index is 1350. The molecule has 0 radical (unpaired) electrons. The van der Waals surface area contributed by atoms with Crippen molar-refractivity contribution in [3.63, 3.8) is 0 Å². The predicted octanol–water partition coefficient (Wildman–Crippen LogP) is 5.95. The van der Waals surface area contributed by atoms with Gasteiger partial charge < -0.3 is 14.6 Å². The molecule has 6 nitrogen and oxygen atoms in total. The molecule has 188 valence electrons. The molecule has 1 atom stereocenters. The van der Waals surface area contributed by atoms with Crippen LogP contribution in [-0.2, 0) is 15.7 Å². The fraction of sp³-hybridized carbons (Fsp3) is 0.269. The van der Waals surface area contributed by atoms with Crippen LogP contribution in [0.1, 0.15) is 41.2 Å². The molecule has 36 heavy (non-hydrogen) atoms. The number of anilines is 1. The van der Waals surface area contributed by atoms with Crippen LogP contribution in [0.3, 0.4) is 0 Å². The monoisotopic (exact) mass is 518 g/mol. The number of carbonyl (C=O) groups is 2. The molecule has 0 saturated heterocycles. The molecule has 1 aliphatic carbocycles. The van der Waals surface area contributed by atoms with Gasteiger partial charge in [0.1, 0.15) is 6.04 Å². The van der Waals surface area contributed by atoms with Crippen LogP contribution in [0.25, 0.3) is 11.1 Å². The Labute approximate surface area is 209 Å². The van der Waals surface area contributed by atoms with Gasteiger partial charge in [-0.15, -0.1) is 0 Å². The van der Waals surface area contributed by atoms with Crippen molar-refractivity contribution in [3.05, 3.63) is 87.3 Å². The fourth-order valence-corrected chi connectivity index (χ4v) is 4.14. The van der Waals surface area contributed by atoms with E-state index in [1.165, 1.54) is 36.1 Å². The second kappa shape index (κ2) is 10.2. The zero-order chi connectivity index (χ0) is 26.0. The van der Waals surface area contributed by atoms with Crippen molar-refractivity contribution < 1.29 is 27.5 Å². The lowest BCUT2D eigenvalue weighted by Gasteiger charge is -2.20. The molecule has 1 fully saturated rings. The minimum absolute atomic E-state index is 0.0510. The molecule has 0 aliphatic heterocycles. The lowest BCUT2D eigenvalue weighted by Crippen LogP contribution is -2.33. The van der Waals surface area contributed by atoms with Crippen molar-refractivity contribution >= 4 is 29.2 Å². The van der Waals surface area contributed by atoms with E-state index in [-0.39, 0.29) is 22.1 Å². The number of carbonyl (C=O) groups excluding carboxylic acids is 2. The maximum atomic E-state index is 13.5. The fourth-order valence-electron chi connectivity index (χ4n) is 3.97. The number of nitrogens with one attached hydrogen (secondary N) is 1. The Kier molecular flexibility index (Phi) is 7.21. The molecule has 1 aliphatic rings. The van der Waals surface area contributed by atoms with Crippen molar-refractivity contribution in [1.82, 2.24) is 4.57 Å². The summed E-state index contributed by atoms with van der Waals surface area (Å²) in [6, 6.07) is 10.9. The Morgan fingerprint density at radius 2 is 1.81 bits per heavy atom. The van der Waals surface area contributed by atoms with Gasteiger partial charge in [-0.3, -0.25) is 9.59 Å². The first kappa shape index (κ1) is 25.5. The summed E-state index contributed by atoms with van der Waals surface area (Å²) in [5.74, 6) is -0.681. The highest BCUT2D eigenvalue weighted by Gasteiger charge is 2.34. The van der Waals surface area contributed by atoms with E-state index in [1.807, 2.05) is 0 Å². The van der Waals surface area contributed by atoms with E-state index in [0.717, 1.165) is 37.1 Å². The number of rotatable bonds is 7. The first-order valence-electron chi connectivity index (χ1n) is 11.2. The Morgan fingerprint density at radius 3 is 2.39 bits per heavy atom. The second-order valence-corrected chi connectivity index (χ2v) is 9.04. The van der Waals surface area contributed by atoms with Crippen LogP contribution < -0.4 is 10.9 Å². The third kappa shape index (κ3) is 5.79. The lowest BCUT2D eigenvalue weighted by atomic mass is 10.00. The predicted molar refractivity (Wildman–Crippen MR) is 129 cm³/mol. The quantitative estimate of drug-likeness (QED) is 0.392. The Hall–Kier alpha value is -3.59. The summed E-state index contributed by atoms with van der Waals surface area (Å²) in [6.07, 6.45) is -1.02. The normalized spacial score (nSPS) is 14.2. The molecule has 1 amide bonds. The number of benzene rings is 2. The number of nitrogens with zero attached hydrogens (tertiary/aromatic N) is 1. The summed E-state index contributed by atoms with van der Waals surface area (Å²) in [6.45, 7) is 0. The summed E-state index contributed by atoms with van der Waals surface area (Å²) < 4.78 is 46.5. The second-order valence-electron chi connectivity index (χ2n) is 8.60. The largest absolute Gasteiger partial charge is 0.465 e. The highest BCUT2D eigenvalue weighted by atomic mass is 35.5. The van der Waals surface area contributed by atoms with E-state index >= 15 is 0 Å². The first-order chi connectivity index (χ1) is 17.1. The molecule has 3 aromatic rings. The molecular weight excluding hydrogens is 497 g/mol. The van der Waals surface area contributed by atoms with E-state index in [2.05, 4.69) is 10.1 Å². The van der Waals surface area contributed by atoms with E-state index in [1.54, 1.807) is 12.1 Å². The third-order valence-corrected chi connectivity index (χ3v) is 6.25. The van der Waals surface area contributed by atoms with Crippen LogP contribution in [0.15, 0.2) is 65.6 Å². The Balaban J connectivity index is 1.63. The number of hydrogen-bond donors (Lipinski definition) is 1. The SMILES string of the molecule is COC(=O)c1ccc(NC(=O)C(CC2CC2)n2ccc(-c3cc(Cl)ccc3C(F)(F)F)cc2=O)cc1. The molecule has 0 spiro atoms. The van der Waals surface area contributed by atoms with Crippen molar-refractivity contribution in [2.45, 2.75) is 31.5 Å². The molecule has 2 aromatic carbocycles. The van der Waals surface area contributed by atoms with E-state index in [0.29, 0.717) is 17.7 Å². The van der Waals surface area contributed by atoms with Crippen molar-refractivity contribution in [2.75, 3.05) is 12.4 Å². The average Bonchev–Trinajstić information content (AvgIpc) is 3.66. The average molecular weight is 519 g/mol. The van der Waals surface area contributed by atoms with Gasteiger partial charge in [-0.1, -0.05) is 24.4 Å². The number of esters is 1. The summed E-state index contributed by atoms with van der Waals surface area (Å²) in [7, 11) is 1.26. The molecular formula is C26H22ClF3N2O4. The number of pyridine rings is 1. The number of alkyl halides is 3. The molecule has 1 aromatic heterocycles. The summed E-state index contributed by atoms with van der Waals surface area (Å²) in [5, 5.41) is 2.85. The third-order valence-electron chi connectivity index (χ3n) is 6.01. The van der Waals surface area contributed by atoms with Crippen LogP contribution in [0.4, 0.5) is 18.9 Å². The lowest BCUT2D eigenvalue weighted by molar-refractivity contribution is -0.137. The van der Waals surface area contributed by atoms with Crippen molar-refractivity contribution in [3.8, 4) is 11.1 Å². The maximum absolute atomic E-state index is 13.5. The van der Waals surface area contributed by atoms with E-state index in [4.69, 9.17) is 11.6 Å². The molecule has 1 saturated carbocycles. The smallest absolute Gasteiger partial charge is 0.417 e. The van der Waals surface area contributed by atoms with Crippen LogP contribution in [0, 0.1) is 5.92 Å². The number of methoxy groups -OCH3 is 1. The van der Waals surface area contributed by atoms with Gasteiger partial charge in [0.25, 0.3) is 5.56 Å². The van der Waals surface area contributed by atoms with Gasteiger partial charge >= 0.3 is 12.1 Å². The van der Waals surface area contributed by atoms with Crippen molar-refractivity contribution in [1.29, 1.82) is 0 Å². The summed E-state index contributed by atoms with van der Waals surface area (Å²) >= 11 is 5.93. The molecule has 1 unspecified atom stereocenters. The van der Waals surface area contributed by atoms with Gasteiger partial charge in [-0.25, -0.2) is 4.79 Å². The Morgan fingerprint density at radius 1 is 1.11 bits per heavy atom. The highest BCUT2D eigenvalue weighted by Crippen LogP contribution is 2.39. The van der Waals surface area contributed by atoms with Crippen LogP contribution >= 0.6 is 11.6 Å². The molecule has 1 heterocycles. The maximum Gasteiger partial charge on any atom is 0.417 e.